The first-order valence-electron chi connectivity index (χ1n) is 9.25. The number of carbonyl (C=O) groups excluding carboxylic acids is 1. The summed E-state index contributed by atoms with van der Waals surface area (Å²) in [6.45, 7) is 4.86. The molecule has 1 saturated heterocycles. The van der Waals surface area contributed by atoms with Crippen LogP contribution in [0.4, 0.5) is 5.69 Å². The lowest BCUT2D eigenvalue weighted by molar-refractivity contribution is -0.121. The predicted octanol–water partition coefficient (Wildman–Crippen LogP) is 5.24. The molecule has 0 aliphatic carbocycles. The summed E-state index contributed by atoms with van der Waals surface area (Å²) in [6.07, 6.45) is 1.86. The van der Waals surface area contributed by atoms with Gasteiger partial charge in [0.15, 0.2) is 0 Å². The van der Waals surface area contributed by atoms with Crippen molar-refractivity contribution in [2.75, 3.05) is 25.0 Å². The van der Waals surface area contributed by atoms with Crippen LogP contribution in [-0.4, -0.2) is 30.5 Å². The highest BCUT2D eigenvalue weighted by Gasteiger charge is 2.26. The zero-order chi connectivity index (χ0) is 19.2. The summed E-state index contributed by atoms with van der Waals surface area (Å²) in [5.41, 5.74) is 1.71. The van der Waals surface area contributed by atoms with E-state index in [9.17, 15) is 4.79 Å². The molecule has 1 amide bonds. The maximum Gasteiger partial charge on any atom is 0.228 e. The second-order valence-corrected chi connectivity index (χ2v) is 7.54. The van der Waals surface area contributed by atoms with Crippen LogP contribution in [0, 0.1) is 5.92 Å². The van der Waals surface area contributed by atoms with Crippen molar-refractivity contribution in [3.8, 4) is 5.75 Å². The molecule has 1 fully saturated rings. The molecule has 1 atom stereocenters. The maximum absolute atomic E-state index is 12.7. The summed E-state index contributed by atoms with van der Waals surface area (Å²) in [5.74, 6) is 0.802. The average Bonchev–Trinajstić information content (AvgIpc) is 2.67. The van der Waals surface area contributed by atoms with Gasteiger partial charge in [-0.1, -0.05) is 29.3 Å². The molecule has 4 nitrogen and oxygen atoms in total. The molecule has 27 heavy (non-hydrogen) atoms. The van der Waals surface area contributed by atoms with Crippen molar-refractivity contribution in [2.45, 2.75) is 26.3 Å². The van der Waals surface area contributed by atoms with E-state index in [2.05, 4.69) is 10.2 Å². The minimum Gasteiger partial charge on any atom is -0.494 e. The molecule has 0 unspecified atom stereocenters. The summed E-state index contributed by atoms with van der Waals surface area (Å²) >= 11 is 12.6. The molecule has 1 N–H and O–H groups in total. The number of amides is 1. The fourth-order valence-corrected chi connectivity index (χ4v) is 3.88. The molecule has 1 aliphatic heterocycles. The fraction of sp³-hybridized carbons (Fsp3) is 0.381. The lowest BCUT2D eigenvalue weighted by Crippen LogP contribution is -2.40. The van der Waals surface area contributed by atoms with Crippen LogP contribution < -0.4 is 10.1 Å². The second kappa shape index (κ2) is 9.45. The van der Waals surface area contributed by atoms with Crippen LogP contribution in [0.3, 0.4) is 0 Å². The smallest absolute Gasteiger partial charge is 0.228 e. The number of nitrogens with one attached hydrogen (secondary N) is 1. The predicted molar refractivity (Wildman–Crippen MR) is 111 cm³/mol. The minimum absolute atomic E-state index is 0.0495. The van der Waals surface area contributed by atoms with Crippen LogP contribution in [0.15, 0.2) is 42.5 Å². The quantitative estimate of drug-likeness (QED) is 0.712. The minimum atomic E-state index is -0.0495. The third-order valence-corrected chi connectivity index (χ3v) is 5.46. The molecule has 0 bridgehead atoms. The summed E-state index contributed by atoms with van der Waals surface area (Å²) in [6, 6.07) is 13.0. The van der Waals surface area contributed by atoms with Gasteiger partial charge in [-0.15, -0.1) is 0 Å². The lowest BCUT2D eigenvalue weighted by atomic mass is 9.96. The van der Waals surface area contributed by atoms with Gasteiger partial charge in [0.2, 0.25) is 5.91 Å². The fourth-order valence-electron chi connectivity index (χ4n) is 3.37. The monoisotopic (exact) mass is 406 g/mol. The number of rotatable bonds is 6. The van der Waals surface area contributed by atoms with E-state index in [4.69, 9.17) is 27.9 Å². The molecule has 0 spiro atoms. The third-order valence-electron chi connectivity index (χ3n) is 4.75. The molecule has 3 rings (SSSR count). The second-order valence-electron chi connectivity index (χ2n) is 6.72. The van der Waals surface area contributed by atoms with E-state index in [1.807, 2.05) is 49.4 Å². The number of anilines is 1. The Balaban J connectivity index is 1.59. The van der Waals surface area contributed by atoms with Crippen molar-refractivity contribution in [2.24, 2.45) is 5.92 Å². The molecule has 2 aromatic rings. The molecule has 6 heteroatoms. The van der Waals surface area contributed by atoms with E-state index in [1.165, 1.54) is 0 Å². The Hall–Kier alpha value is -1.75. The van der Waals surface area contributed by atoms with Gasteiger partial charge in [-0.2, -0.15) is 0 Å². The van der Waals surface area contributed by atoms with Gasteiger partial charge in [-0.25, -0.2) is 0 Å². The zero-order valence-electron chi connectivity index (χ0n) is 15.4. The molecule has 1 aliphatic rings. The van der Waals surface area contributed by atoms with Gasteiger partial charge < -0.3 is 10.1 Å². The normalized spacial score (nSPS) is 17.5. The third kappa shape index (κ3) is 5.38. The van der Waals surface area contributed by atoms with E-state index >= 15 is 0 Å². The van der Waals surface area contributed by atoms with E-state index in [0.29, 0.717) is 29.7 Å². The van der Waals surface area contributed by atoms with Crippen molar-refractivity contribution in [3.63, 3.8) is 0 Å². The highest BCUT2D eigenvalue weighted by atomic mass is 35.5. The Morgan fingerprint density at radius 2 is 1.89 bits per heavy atom. The molecule has 0 saturated carbocycles. The van der Waals surface area contributed by atoms with E-state index < -0.39 is 0 Å². The van der Waals surface area contributed by atoms with Gasteiger partial charge in [-0.3, -0.25) is 9.69 Å². The van der Waals surface area contributed by atoms with Crippen LogP contribution in [-0.2, 0) is 11.3 Å². The van der Waals surface area contributed by atoms with Gasteiger partial charge in [0.1, 0.15) is 5.75 Å². The van der Waals surface area contributed by atoms with E-state index in [-0.39, 0.29) is 11.8 Å². The molecular formula is C21H24Cl2N2O2. The summed E-state index contributed by atoms with van der Waals surface area (Å²) < 4.78 is 5.43. The number of hydrogen-bond donors (Lipinski definition) is 1. The van der Waals surface area contributed by atoms with Crippen LogP contribution >= 0.6 is 23.2 Å². The molecule has 1 heterocycles. The number of likely N-dealkylation sites (tertiary alicyclic amines) is 1. The van der Waals surface area contributed by atoms with Gasteiger partial charge in [-0.05, 0) is 62.7 Å². The molecule has 144 valence electrons. The molecule has 2 aromatic carbocycles. The maximum atomic E-state index is 12.7. The van der Waals surface area contributed by atoms with Crippen LogP contribution in [0.2, 0.25) is 10.0 Å². The highest BCUT2D eigenvalue weighted by molar-refractivity contribution is 6.35. The number of halogens is 2. The number of piperidine rings is 1. The van der Waals surface area contributed by atoms with Crippen molar-refractivity contribution in [1.29, 1.82) is 0 Å². The zero-order valence-corrected chi connectivity index (χ0v) is 16.9. The van der Waals surface area contributed by atoms with Gasteiger partial charge in [0, 0.05) is 34.4 Å². The summed E-state index contributed by atoms with van der Waals surface area (Å²) in [5, 5.41) is 4.35. The average molecular weight is 407 g/mol. The first-order valence-corrected chi connectivity index (χ1v) is 10.0. The standard InChI is InChI=1S/C21H24Cl2N2O2/c1-2-27-17-10-8-16(9-11-17)24-21(26)15-5-4-12-25(13-15)14-18-19(22)6-3-7-20(18)23/h3,6-11,15H,2,4-5,12-14H2,1H3,(H,24,26)/t15-/m1/s1. The van der Waals surface area contributed by atoms with Gasteiger partial charge >= 0.3 is 0 Å². The first-order chi connectivity index (χ1) is 13.1. The summed E-state index contributed by atoms with van der Waals surface area (Å²) in [7, 11) is 0. The van der Waals surface area contributed by atoms with E-state index in [0.717, 1.165) is 36.4 Å². The molecule has 0 radical (unpaired) electrons. The van der Waals surface area contributed by atoms with Crippen LogP contribution in [0.5, 0.6) is 5.75 Å². The molecular weight excluding hydrogens is 383 g/mol. The largest absolute Gasteiger partial charge is 0.494 e. The lowest BCUT2D eigenvalue weighted by Gasteiger charge is -2.32. The Kier molecular flexibility index (Phi) is 7.00. The number of benzene rings is 2. The van der Waals surface area contributed by atoms with Crippen molar-refractivity contribution in [1.82, 2.24) is 4.90 Å². The van der Waals surface area contributed by atoms with E-state index in [1.54, 1.807) is 0 Å². The van der Waals surface area contributed by atoms with Crippen molar-refractivity contribution < 1.29 is 9.53 Å². The van der Waals surface area contributed by atoms with Crippen molar-refractivity contribution in [3.05, 3.63) is 58.1 Å². The SMILES string of the molecule is CCOc1ccc(NC(=O)[C@@H]2CCCN(Cc3c(Cl)cccc3Cl)C2)cc1. The molecule has 0 aromatic heterocycles. The van der Waals surface area contributed by atoms with Gasteiger partial charge in [0.25, 0.3) is 0 Å². The number of nitrogens with zero attached hydrogens (tertiary/aromatic N) is 1. The van der Waals surface area contributed by atoms with Crippen molar-refractivity contribution >= 4 is 34.8 Å². The number of carbonyl (C=O) groups is 1. The number of ether oxygens (including phenoxy) is 1. The highest BCUT2D eigenvalue weighted by Crippen LogP contribution is 2.28. The topological polar surface area (TPSA) is 41.6 Å². The summed E-state index contributed by atoms with van der Waals surface area (Å²) in [4.78, 5) is 14.9. The van der Waals surface area contributed by atoms with Crippen LogP contribution in [0.25, 0.3) is 0 Å². The van der Waals surface area contributed by atoms with Gasteiger partial charge in [0.05, 0.1) is 12.5 Å². The Morgan fingerprint density at radius 3 is 2.56 bits per heavy atom. The Bertz CT molecular complexity index is 760. The Morgan fingerprint density at radius 1 is 1.19 bits per heavy atom. The van der Waals surface area contributed by atoms with Crippen LogP contribution in [0.1, 0.15) is 25.3 Å². The Labute approximate surface area is 170 Å². The first kappa shape index (κ1) is 20.0. The number of hydrogen-bond acceptors (Lipinski definition) is 3.